The zero-order valence-electron chi connectivity index (χ0n) is 9.96. The number of aromatic nitrogens is 6. The van der Waals surface area contributed by atoms with E-state index in [1.807, 2.05) is 13.8 Å². The van der Waals surface area contributed by atoms with Gasteiger partial charge in [-0.2, -0.15) is 4.68 Å². The molecule has 0 radical (unpaired) electrons. The molecule has 2 heterocycles. The van der Waals surface area contributed by atoms with Crippen LogP contribution in [0.2, 0.25) is 0 Å². The molecule has 0 atom stereocenters. The molecule has 2 N–H and O–H groups in total. The molecule has 0 aromatic carbocycles. The molecule has 0 aliphatic rings. The molecule has 0 aliphatic carbocycles. The molecule has 0 aliphatic heterocycles. The minimum absolute atomic E-state index is 0.300. The van der Waals surface area contributed by atoms with Gasteiger partial charge in [-0.05, 0) is 12.8 Å². The van der Waals surface area contributed by atoms with Crippen molar-refractivity contribution < 1.29 is 0 Å². The Bertz CT molecular complexity index is 505. The van der Waals surface area contributed by atoms with Gasteiger partial charge in [-0.15, -0.1) is 15.3 Å². The molecule has 2 aromatic heterocycles. The van der Waals surface area contributed by atoms with Crippen LogP contribution in [0.1, 0.15) is 31.1 Å². The van der Waals surface area contributed by atoms with Crippen LogP contribution < -0.4 is 5.73 Å². The third kappa shape index (κ3) is 2.28. The summed E-state index contributed by atoms with van der Waals surface area (Å²) in [5.41, 5.74) is 7.32. The van der Waals surface area contributed by atoms with E-state index in [1.165, 1.54) is 4.68 Å². The lowest BCUT2D eigenvalue weighted by Crippen LogP contribution is -2.10. The van der Waals surface area contributed by atoms with E-state index >= 15 is 0 Å². The minimum Gasteiger partial charge on any atom is -0.324 e. The molecule has 0 fully saturated rings. The molecule has 17 heavy (non-hydrogen) atoms. The zero-order chi connectivity index (χ0) is 12.3. The Labute approximate surface area is 99.1 Å². The lowest BCUT2D eigenvalue weighted by molar-refractivity contribution is 0.719. The molecule has 0 unspecified atom stereocenters. The summed E-state index contributed by atoms with van der Waals surface area (Å²) >= 11 is 0. The first-order chi connectivity index (χ1) is 8.28. The van der Waals surface area contributed by atoms with Gasteiger partial charge in [-0.3, -0.25) is 0 Å². The number of nitrogens with zero attached hydrogens (tertiary/aromatic N) is 6. The molecular weight excluding hydrogens is 218 g/mol. The lowest BCUT2D eigenvalue weighted by atomic mass is 10.2. The molecule has 0 amide bonds. The Hall–Kier alpha value is -1.89. The van der Waals surface area contributed by atoms with Gasteiger partial charge in [0, 0.05) is 0 Å². The Balaban J connectivity index is 2.38. The molecule has 7 nitrogen and oxygen atoms in total. The van der Waals surface area contributed by atoms with Crippen molar-refractivity contribution in [2.45, 2.75) is 33.2 Å². The Morgan fingerprint density at radius 2 is 1.94 bits per heavy atom. The van der Waals surface area contributed by atoms with Crippen molar-refractivity contribution in [2.24, 2.45) is 5.73 Å². The van der Waals surface area contributed by atoms with Gasteiger partial charge in [-0.25, -0.2) is 9.97 Å². The molecule has 0 spiro atoms. The van der Waals surface area contributed by atoms with Crippen molar-refractivity contribution in [1.82, 2.24) is 29.9 Å². The van der Waals surface area contributed by atoms with E-state index in [4.69, 9.17) is 5.73 Å². The smallest absolute Gasteiger partial charge is 0.271 e. The number of nitrogens with two attached hydrogens (primary N) is 1. The van der Waals surface area contributed by atoms with E-state index in [0.717, 1.165) is 24.2 Å². The molecule has 2 rings (SSSR count). The predicted molar refractivity (Wildman–Crippen MR) is 61.4 cm³/mol. The van der Waals surface area contributed by atoms with Crippen LogP contribution in [0.5, 0.6) is 0 Å². The first kappa shape index (κ1) is 11.6. The second kappa shape index (κ2) is 4.96. The summed E-state index contributed by atoms with van der Waals surface area (Å²) < 4.78 is 1.49. The highest BCUT2D eigenvalue weighted by Crippen LogP contribution is 2.06. The van der Waals surface area contributed by atoms with Gasteiger partial charge in [0.25, 0.3) is 5.95 Å². The summed E-state index contributed by atoms with van der Waals surface area (Å²) in [4.78, 5) is 8.45. The van der Waals surface area contributed by atoms with Crippen LogP contribution in [0.25, 0.3) is 5.95 Å². The number of aryl methyl sites for hydroxylation is 2. The molecule has 0 saturated heterocycles. The van der Waals surface area contributed by atoms with E-state index in [-0.39, 0.29) is 0 Å². The summed E-state index contributed by atoms with van der Waals surface area (Å²) in [6.45, 7) is 4.38. The highest BCUT2D eigenvalue weighted by Gasteiger charge is 2.09. The van der Waals surface area contributed by atoms with Crippen LogP contribution in [0.4, 0.5) is 0 Å². The highest BCUT2D eigenvalue weighted by atomic mass is 15.4. The van der Waals surface area contributed by atoms with Crippen LogP contribution in [0.3, 0.4) is 0 Å². The average molecular weight is 233 g/mol. The molecule has 0 bridgehead atoms. The molecule has 90 valence electrons. The molecule has 2 aromatic rings. The van der Waals surface area contributed by atoms with E-state index < -0.39 is 0 Å². The molecular formula is C10H15N7. The third-order valence-electron chi connectivity index (χ3n) is 2.42. The first-order valence-electron chi connectivity index (χ1n) is 5.61. The number of hydrogen-bond donors (Lipinski definition) is 1. The third-order valence-corrected chi connectivity index (χ3v) is 2.42. The van der Waals surface area contributed by atoms with Crippen molar-refractivity contribution in [3.63, 3.8) is 0 Å². The monoisotopic (exact) mass is 233 g/mol. The summed E-state index contributed by atoms with van der Waals surface area (Å²) in [6, 6.07) is 0. The fraction of sp³-hybridized carbons (Fsp3) is 0.500. The topological polar surface area (TPSA) is 95.4 Å². The van der Waals surface area contributed by atoms with Gasteiger partial charge in [0.05, 0.1) is 17.9 Å². The van der Waals surface area contributed by atoms with Gasteiger partial charge in [0.15, 0.2) is 5.82 Å². The normalized spacial score (nSPS) is 10.8. The zero-order valence-corrected chi connectivity index (χ0v) is 9.96. The van der Waals surface area contributed by atoms with Crippen LogP contribution in [0.15, 0.2) is 6.33 Å². The molecule has 0 saturated carbocycles. The second-order valence-corrected chi connectivity index (χ2v) is 3.52. The van der Waals surface area contributed by atoms with E-state index in [9.17, 15) is 0 Å². The maximum Gasteiger partial charge on any atom is 0.271 e. The van der Waals surface area contributed by atoms with Crippen LogP contribution in [-0.2, 0) is 19.4 Å². The summed E-state index contributed by atoms with van der Waals surface area (Å²) in [5, 5.41) is 12.3. The Morgan fingerprint density at radius 1 is 1.18 bits per heavy atom. The molecule has 7 heteroatoms. The fourth-order valence-electron chi connectivity index (χ4n) is 1.51. The van der Waals surface area contributed by atoms with Crippen molar-refractivity contribution in [1.29, 1.82) is 0 Å². The number of rotatable bonds is 4. The van der Waals surface area contributed by atoms with Gasteiger partial charge in [0.1, 0.15) is 6.33 Å². The van der Waals surface area contributed by atoms with Crippen LogP contribution in [0, 0.1) is 0 Å². The van der Waals surface area contributed by atoms with Crippen molar-refractivity contribution in [3.05, 3.63) is 23.5 Å². The standard InChI is InChI=1S/C10H15N7/c1-3-7-8(4-2)14-15-10(13-7)17-6-12-9(5-11)16-17/h6H,3-5,11H2,1-2H3. The van der Waals surface area contributed by atoms with E-state index in [0.29, 0.717) is 18.3 Å². The fourth-order valence-corrected chi connectivity index (χ4v) is 1.51. The van der Waals surface area contributed by atoms with Gasteiger partial charge in [-0.1, -0.05) is 13.8 Å². The Kier molecular flexibility index (Phi) is 3.38. The maximum absolute atomic E-state index is 5.45. The van der Waals surface area contributed by atoms with Gasteiger partial charge < -0.3 is 5.73 Å². The number of hydrogen-bond acceptors (Lipinski definition) is 6. The van der Waals surface area contributed by atoms with Crippen molar-refractivity contribution in [3.8, 4) is 5.95 Å². The Morgan fingerprint density at radius 3 is 2.53 bits per heavy atom. The van der Waals surface area contributed by atoms with E-state index in [2.05, 4.69) is 25.3 Å². The largest absolute Gasteiger partial charge is 0.324 e. The average Bonchev–Trinajstić information content (AvgIpc) is 2.86. The lowest BCUT2D eigenvalue weighted by Gasteiger charge is -2.04. The quantitative estimate of drug-likeness (QED) is 0.800. The van der Waals surface area contributed by atoms with Crippen LogP contribution in [-0.4, -0.2) is 29.9 Å². The van der Waals surface area contributed by atoms with Gasteiger partial charge in [0.2, 0.25) is 0 Å². The predicted octanol–water partition coefficient (Wildman–Crippen LogP) is 0.0358. The SMILES string of the molecule is CCc1nnc(-n2cnc(CN)n2)nc1CC. The van der Waals surface area contributed by atoms with Crippen LogP contribution >= 0.6 is 0 Å². The van der Waals surface area contributed by atoms with Gasteiger partial charge >= 0.3 is 0 Å². The summed E-state index contributed by atoms with van der Waals surface area (Å²) in [6.07, 6.45) is 3.20. The van der Waals surface area contributed by atoms with E-state index in [1.54, 1.807) is 6.33 Å². The van der Waals surface area contributed by atoms with Crippen molar-refractivity contribution >= 4 is 0 Å². The maximum atomic E-state index is 5.45. The highest BCUT2D eigenvalue weighted by molar-refractivity contribution is 5.15. The summed E-state index contributed by atoms with van der Waals surface area (Å²) in [5.74, 6) is 0.998. The first-order valence-corrected chi connectivity index (χ1v) is 5.61. The van der Waals surface area contributed by atoms with Crippen molar-refractivity contribution in [2.75, 3.05) is 0 Å². The summed E-state index contributed by atoms with van der Waals surface area (Å²) in [7, 11) is 0. The second-order valence-electron chi connectivity index (χ2n) is 3.52. The minimum atomic E-state index is 0.300.